The fourth-order valence-electron chi connectivity index (χ4n) is 4.45. The molecule has 3 aromatic rings. The molecule has 0 radical (unpaired) electrons. The Hall–Kier alpha value is -3.59. The van der Waals surface area contributed by atoms with Gasteiger partial charge in [-0.15, -0.1) is 0 Å². The number of ether oxygens (including phenoxy) is 3. The second-order valence-electron chi connectivity index (χ2n) is 8.57. The number of hydrogen-bond donors (Lipinski definition) is 1. The molecule has 0 atom stereocenters. The summed E-state index contributed by atoms with van der Waals surface area (Å²) in [6.07, 6.45) is 4.75. The topological polar surface area (TPSA) is 94.9 Å². The van der Waals surface area contributed by atoms with Gasteiger partial charge < -0.3 is 29.0 Å². The number of carbonyl (C=O) groups is 1. The van der Waals surface area contributed by atoms with E-state index < -0.39 is 6.09 Å². The van der Waals surface area contributed by atoms with Crippen LogP contribution in [0.15, 0.2) is 53.6 Å². The number of fused-ring (bicyclic) bond motifs is 2. The van der Waals surface area contributed by atoms with Crippen LogP contribution in [0.25, 0.3) is 10.9 Å². The van der Waals surface area contributed by atoms with Crippen LogP contribution < -0.4 is 20.3 Å². The number of benzene rings is 1. The van der Waals surface area contributed by atoms with E-state index in [1.54, 1.807) is 23.0 Å². The van der Waals surface area contributed by atoms with Crippen molar-refractivity contribution in [2.75, 3.05) is 32.8 Å². The third kappa shape index (κ3) is 5.14. The third-order valence-electron chi connectivity index (χ3n) is 6.32. The molecule has 1 aromatic carbocycles. The molecule has 34 heavy (non-hydrogen) atoms. The lowest BCUT2D eigenvalue weighted by Crippen LogP contribution is -2.45. The van der Waals surface area contributed by atoms with Gasteiger partial charge in [0.05, 0.1) is 5.52 Å². The van der Waals surface area contributed by atoms with Gasteiger partial charge in [0.25, 0.3) is 5.56 Å². The Balaban J connectivity index is 1.06. The van der Waals surface area contributed by atoms with Gasteiger partial charge in [0, 0.05) is 56.1 Å². The summed E-state index contributed by atoms with van der Waals surface area (Å²) in [4.78, 5) is 31.1. The number of aromatic nitrogens is 2. The predicted octanol–water partition coefficient (Wildman–Crippen LogP) is 2.56. The quantitative estimate of drug-likeness (QED) is 0.599. The third-order valence-corrected chi connectivity index (χ3v) is 6.32. The van der Waals surface area contributed by atoms with E-state index in [1.807, 2.05) is 30.3 Å². The molecule has 1 saturated heterocycles. The van der Waals surface area contributed by atoms with Crippen molar-refractivity contribution in [3.63, 3.8) is 0 Å². The smallest absolute Gasteiger partial charge is 0.407 e. The van der Waals surface area contributed by atoms with Crippen LogP contribution in [0.1, 0.15) is 18.4 Å². The zero-order chi connectivity index (χ0) is 23.3. The number of carbonyl (C=O) groups excluding carboxylic acids is 1. The SMILES string of the molecule is O=C(NC1CCN(CCn2c(=O)ccc3cnccc32)CC1)OCc1ccc2c(c1)OCCO2. The fourth-order valence-corrected chi connectivity index (χ4v) is 4.45. The maximum atomic E-state index is 12.4. The highest BCUT2D eigenvalue weighted by Crippen LogP contribution is 2.30. The Bertz CT molecular complexity index is 1220. The summed E-state index contributed by atoms with van der Waals surface area (Å²) in [5.41, 5.74) is 1.75. The molecule has 178 valence electrons. The number of piperidine rings is 1. The van der Waals surface area contributed by atoms with Crippen molar-refractivity contribution in [3.05, 3.63) is 64.7 Å². The second kappa shape index (κ2) is 10.1. The van der Waals surface area contributed by atoms with Gasteiger partial charge in [-0.1, -0.05) is 6.07 Å². The van der Waals surface area contributed by atoms with Gasteiger partial charge in [-0.3, -0.25) is 9.78 Å². The Morgan fingerprint density at radius 2 is 1.88 bits per heavy atom. The molecule has 9 nitrogen and oxygen atoms in total. The Labute approximate surface area is 197 Å². The molecule has 2 aliphatic rings. The maximum Gasteiger partial charge on any atom is 0.407 e. The molecule has 0 unspecified atom stereocenters. The number of nitrogens with one attached hydrogen (secondary N) is 1. The fraction of sp³-hybridized carbons (Fsp3) is 0.400. The lowest BCUT2D eigenvalue weighted by Gasteiger charge is -2.32. The van der Waals surface area contributed by atoms with Crippen LogP contribution >= 0.6 is 0 Å². The van der Waals surface area contributed by atoms with Crippen LogP contribution in [0, 0.1) is 0 Å². The van der Waals surface area contributed by atoms with E-state index in [1.165, 1.54) is 0 Å². The van der Waals surface area contributed by atoms with Gasteiger partial charge in [-0.2, -0.15) is 0 Å². The first-order valence-electron chi connectivity index (χ1n) is 11.6. The van der Waals surface area contributed by atoms with Crippen LogP contribution in [-0.2, 0) is 17.9 Å². The number of rotatable bonds is 6. The van der Waals surface area contributed by atoms with Crippen LogP contribution in [0.2, 0.25) is 0 Å². The van der Waals surface area contributed by atoms with Gasteiger partial charge in [0.2, 0.25) is 0 Å². The predicted molar refractivity (Wildman–Crippen MR) is 126 cm³/mol. The minimum Gasteiger partial charge on any atom is -0.486 e. The molecule has 0 saturated carbocycles. The summed E-state index contributed by atoms with van der Waals surface area (Å²) in [5.74, 6) is 1.40. The molecular formula is C25H28N4O5. The van der Waals surface area contributed by atoms with Crippen molar-refractivity contribution >= 4 is 17.0 Å². The Kier molecular flexibility index (Phi) is 6.62. The number of hydrogen-bond acceptors (Lipinski definition) is 7. The van der Waals surface area contributed by atoms with Gasteiger partial charge in [0.15, 0.2) is 11.5 Å². The molecule has 1 N–H and O–H groups in total. The number of pyridine rings is 2. The van der Waals surface area contributed by atoms with Crippen molar-refractivity contribution in [2.24, 2.45) is 0 Å². The first-order chi connectivity index (χ1) is 16.7. The summed E-state index contributed by atoms with van der Waals surface area (Å²) >= 11 is 0. The largest absolute Gasteiger partial charge is 0.486 e. The molecular weight excluding hydrogens is 436 g/mol. The number of likely N-dealkylation sites (tertiary alicyclic amines) is 1. The zero-order valence-electron chi connectivity index (χ0n) is 18.9. The average molecular weight is 465 g/mol. The summed E-state index contributed by atoms with van der Waals surface area (Å²) in [6.45, 7) is 4.35. The van der Waals surface area contributed by atoms with E-state index in [0.29, 0.717) is 31.3 Å². The standard InChI is InChI=1S/C25H28N4O5/c30-24-4-2-19-16-26-8-5-21(19)29(24)12-11-28-9-6-20(7-10-28)27-25(31)34-17-18-1-3-22-23(15-18)33-14-13-32-22/h1-5,8,15-16,20H,6-7,9-14,17H2,(H,27,31). The van der Waals surface area contributed by atoms with Crippen LogP contribution in [0.3, 0.4) is 0 Å². The maximum absolute atomic E-state index is 12.4. The number of alkyl carbamates (subject to hydrolysis) is 1. The van der Waals surface area contributed by atoms with Crippen LogP contribution in [-0.4, -0.2) is 59.4 Å². The number of nitrogens with zero attached hydrogens (tertiary/aromatic N) is 3. The van der Waals surface area contributed by atoms with E-state index >= 15 is 0 Å². The second-order valence-corrected chi connectivity index (χ2v) is 8.57. The molecule has 2 aliphatic heterocycles. The van der Waals surface area contributed by atoms with Crippen molar-refractivity contribution in [1.82, 2.24) is 19.8 Å². The number of amides is 1. The molecule has 1 fully saturated rings. The first kappa shape index (κ1) is 22.2. The Morgan fingerprint density at radius 3 is 2.74 bits per heavy atom. The van der Waals surface area contributed by atoms with Gasteiger partial charge >= 0.3 is 6.09 Å². The van der Waals surface area contributed by atoms with Crippen LogP contribution in [0.4, 0.5) is 4.79 Å². The van der Waals surface area contributed by atoms with Crippen LogP contribution in [0.5, 0.6) is 11.5 Å². The molecule has 0 aliphatic carbocycles. The van der Waals surface area contributed by atoms with Gasteiger partial charge in [-0.05, 0) is 42.7 Å². The molecule has 0 spiro atoms. The first-order valence-corrected chi connectivity index (χ1v) is 11.6. The van der Waals surface area contributed by atoms with E-state index in [2.05, 4.69) is 15.2 Å². The highest BCUT2D eigenvalue weighted by Gasteiger charge is 2.21. The summed E-state index contributed by atoms with van der Waals surface area (Å²) in [5, 5.41) is 3.93. The van der Waals surface area contributed by atoms with Gasteiger partial charge in [0.1, 0.15) is 19.8 Å². The van der Waals surface area contributed by atoms with E-state index in [0.717, 1.165) is 48.9 Å². The zero-order valence-corrected chi connectivity index (χ0v) is 18.9. The van der Waals surface area contributed by atoms with E-state index in [4.69, 9.17) is 14.2 Å². The molecule has 0 bridgehead atoms. The molecule has 2 aromatic heterocycles. The van der Waals surface area contributed by atoms with E-state index in [-0.39, 0.29) is 18.2 Å². The summed E-state index contributed by atoms with van der Waals surface area (Å²) in [6, 6.07) is 10.9. The Morgan fingerprint density at radius 1 is 1.06 bits per heavy atom. The normalized spacial score (nSPS) is 16.4. The minimum atomic E-state index is -0.413. The molecule has 1 amide bonds. The van der Waals surface area contributed by atoms with Gasteiger partial charge in [-0.25, -0.2) is 4.79 Å². The summed E-state index contributed by atoms with van der Waals surface area (Å²) in [7, 11) is 0. The monoisotopic (exact) mass is 464 g/mol. The van der Waals surface area contributed by atoms with Crippen molar-refractivity contribution in [1.29, 1.82) is 0 Å². The molecule has 5 rings (SSSR count). The van der Waals surface area contributed by atoms with E-state index in [9.17, 15) is 9.59 Å². The van der Waals surface area contributed by atoms with Crippen molar-refractivity contribution in [3.8, 4) is 11.5 Å². The lowest BCUT2D eigenvalue weighted by molar-refractivity contribution is 0.125. The van der Waals surface area contributed by atoms with Crippen molar-refractivity contribution in [2.45, 2.75) is 32.0 Å². The molecule has 9 heteroatoms. The highest BCUT2D eigenvalue weighted by molar-refractivity contribution is 5.77. The highest BCUT2D eigenvalue weighted by atomic mass is 16.6. The lowest BCUT2D eigenvalue weighted by atomic mass is 10.1. The average Bonchev–Trinajstić information content (AvgIpc) is 2.87. The minimum absolute atomic E-state index is 0.00369. The van der Waals surface area contributed by atoms with Crippen molar-refractivity contribution < 1.29 is 19.0 Å². The molecule has 4 heterocycles. The summed E-state index contributed by atoms with van der Waals surface area (Å²) < 4.78 is 18.3.